The molecule has 88 valence electrons. The lowest BCUT2D eigenvalue weighted by Gasteiger charge is -2.14. The SMILES string of the molecule is O=C1CCCc2c1ccn2CCc1ncno1. The number of rotatable bonds is 3. The molecular weight excluding hydrogens is 218 g/mol. The fourth-order valence-electron chi connectivity index (χ4n) is 2.32. The lowest BCUT2D eigenvalue weighted by atomic mass is 9.97. The van der Waals surface area contributed by atoms with E-state index in [-0.39, 0.29) is 5.78 Å². The molecule has 0 saturated carbocycles. The molecule has 2 aromatic rings. The third-order valence-electron chi connectivity index (χ3n) is 3.17. The van der Waals surface area contributed by atoms with Crippen LogP contribution in [0, 0.1) is 0 Å². The molecule has 0 unspecified atom stereocenters. The van der Waals surface area contributed by atoms with E-state index in [4.69, 9.17) is 4.52 Å². The molecular formula is C12H13N3O2. The number of hydrogen-bond donors (Lipinski definition) is 0. The third-order valence-corrected chi connectivity index (χ3v) is 3.17. The summed E-state index contributed by atoms with van der Waals surface area (Å²) in [7, 11) is 0. The van der Waals surface area contributed by atoms with E-state index in [0.29, 0.717) is 18.7 Å². The lowest BCUT2D eigenvalue weighted by Crippen LogP contribution is -2.13. The molecule has 0 aromatic carbocycles. The first-order chi connectivity index (χ1) is 8.34. The number of fused-ring (bicyclic) bond motifs is 1. The minimum atomic E-state index is 0.266. The molecule has 0 spiro atoms. The molecule has 0 aliphatic heterocycles. The molecule has 0 saturated heterocycles. The van der Waals surface area contributed by atoms with Crippen LogP contribution in [0.3, 0.4) is 0 Å². The Hall–Kier alpha value is -1.91. The highest BCUT2D eigenvalue weighted by Gasteiger charge is 2.20. The molecule has 3 rings (SSSR count). The van der Waals surface area contributed by atoms with E-state index in [1.54, 1.807) is 0 Å². The van der Waals surface area contributed by atoms with E-state index >= 15 is 0 Å². The van der Waals surface area contributed by atoms with Crippen molar-refractivity contribution < 1.29 is 9.32 Å². The van der Waals surface area contributed by atoms with Crippen molar-refractivity contribution in [1.82, 2.24) is 14.7 Å². The summed E-state index contributed by atoms with van der Waals surface area (Å²) in [5.41, 5.74) is 2.04. The lowest BCUT2D eigenvalue weighted by molar-refractivity contribution is 0.0972. The van der Waals surface area contributed by atoms with Gasteiger partial charge in [-0.05, 0) is 18.9 Å². The topological polar surface area (TPSA) is 60.9 Å². The molecule has 5 heteroatoms. The Kier molecular flexibility index (Phi) is 2.51. The maximum Gasteiger partial charge on any atom is 0.228 e. The number of nitrogens with zero attached hydrogens (tertiary/aromatic N) is 3. The van der Waals surface area contributed by atoms with Crippen LogP contribution in [0.5, 0.6) is 0 Å². The van der Waals surface area contributed by atoms with Crippen molar-refractivity contribution in [3.05, 3.63) is 35.7 Å². The first-order valence-corrected chi connectivity index (χ1v) is 5.81. The van der Waals surface area contributed by atoms with Crippen molar-refractivity contribution in [2.45, 2.75) is 32.2 Å². The second-order valence-corrected chi connectivity index (χ2v) is 4.23. The van der Waals surface area contributed by atoms with E-state index in [2.05, 4.69) is 14.7 Å². The highest BCUT2D eigenvalue weighted by atomic mass is 16.5. The molecule has 1 aliphatic carbocycles. The number of hydrogen-bond acceptors (Lipinski definition) is 4. The van der Waals surface area contributed by atoms with Gasteiger partial charge in [0.05, 0.1) is 0 Å². The molecule has 17 heavy (non-hydrogen) atoms. The van der Waals surface area contributed by atoms with E-state index in [9.17, 15) is 4.79 Å². The molecule has 0 N–H and O–H groups in total. The van der Waals surface area contributed by atoms with Crippen LogP contribution in [0.4, 0.5) is 0 Å². The zero-order valence-corrected chi connectivity index (χ0v) is 9.43. The highest BCUT2D eigenvalue weighted by Crippen LogP contribution is 2.22. The first-order valence-electron chi connectivity index (χ1n) is 5.81. The number of carbonyl (C=O) groups excluding carboxylic acids is 1. The molecule has 2 aromatic heterocycles. The summed E-state index contributed by atoms with van der Waals surface area (Å²) < 4.78 is 7.08. The molecule has 0 atom stereocenters. The minimum Gasteiger partial charge on any atom is -0.350 e. The Morgan fingerprint density at radius 2 is 2.35 bits per heavy atom. The van der Waals surface area contributed by atoms with Crippen molar-refractivity contribution in [2.24, 2.45) is 0 Å². The van der Waals surface area contributed by atoms with Crippen molar-refractivity contribution in [3.8, 4) is 0 Å². The zero-order valence-electron chi connectivity index (χ0n) is 9.43. The quantitative estimate of drug-likeness (QED) is 0.805. The van der Waals surface area contributed by atoms with Crippen LogP contribution in [0.1, 0.15) is 34.8 Å². The van der Waals surface area contributed by atoms with Gasteiger partial charge in [0.25, 0.3) is 0 Å². The molecule has 0 amide bonds. The maximum absolute atomic E-state index is 11.7. The second-order valence-electron chi connectivity index (χ2n) is 4.23. The predicted molar refractivity (Wildman–Crippen MR) is 59.7 cm³/mol. The molecule has 5 nitrogen and oxygen atoms in total. The van der Waals surface area contributed by atoms with Crippen LogP contribution in [0.2, 0.25) is 0 Å². The Labute approximate surface area is 98.4 Å². The number of Topliss-reactive ketones (excluding diaryl/α,β-unsaturated/α-hetero) is 1. The molecule has 0 bridgehead atoms. The van der Waals surface area contributed by atoms with Gasteiger partial charge < -0.3 is 9.09 Å². The van der Waals surface area contributed by atoms with E-state index in [1.165, 1.54) is 6.33 Å². The van der Waals surface area contributed by atoms with Gasteiger partial charge in [0, 0.05) is 36.8 Å². The Balaban J connectivity index is 1.78. The van der Waals surface area contributed by atoms with Crippen LogP contribution in [-0.4, -0.2) is 20.5 Å². The van der Waals surface area contributed by atoms with Crippen LogP contribution in [0.15, 0.2) is 23.1 Å². The van der Waals surface area contributed by atoms with Crippen molar-refractivity contribution in [3.63, 3.8) is 0 Å². The van der Waals surface area contributed by atoms with Gasteiger partial charge in [-0.3, -0.25) is 4.79 Å². The Morgan fingerprint density at radius 1 is 1.41 bits per heavy atom. The maximum atomic E-state index is 11.7. The smallest absolute Gasteiger partial charge is 0.228 e. The molecule has 0 radical (unpaired) electrons. The van der Waals surface area contributed by atoms with Gasteiger partial charge in [-0.2, -0.15) is 4.98 Å². The molecule has 0 fully saturated rings. The van der Waals surface area contributed by atoms with Crippen LogP contribution < -0.4 is 0 Å². The van der Waals surface area contributed by atoms with Gasteiger partial charge in [0.2, 0.25) is 5.89 Å². The number of ketones is 1. The summed E-state index contributed by atoms with van der Waals surface area (Å²) in [6, 6.07) is 1.92. The van der Waals surface area contributed by atoms with Gasteiger partial charge in [0.15, 0.2) is 12.1 Å². The van der Waals surface area contributed by atoms with Crippen LogP contribution >= 0.6 is 0 Å². The summed E-state index contributed by atoms with van der Waals surface area (Å²) in [4.78, 5) is 15.7. The van der Waals surface area contributed by atoms with Gasteiger partial charge in [-0.1, -0.05) is 5.16 Å². The largest absolute Gasteiger partial charge is 0.350 e. The van der Waals surface area contributed by atoms with Crippen LogP contribution in [0.25, 0.3) is 0 Å². The third kappa shape index (κ3) is 1.88. The monoisotopic (exact) mass is 231 g/mol. The van der Waals surface area contributed by atoms with Crippen molar-refractivity contribution >= 4 is 5.78 Å². The minimum absolute atomic E-state index is 0.266. The summed E-state index contributed by atoms with van der Waals surface area (Å²) in [5.74, 6) is 0.900. The summed E-state index contributed by atoms with van der Waals surface area (Å²) in [6.07, 6.45) is 6.71. The van der Waals surface area contributed by atoms with Crippen LogP contribution in [-0.2, 0) is 19.4 Å². The average molecular weight is 231 g/mol. The Bertz CT molecular complexity index is 528. The summed E-state index contributed by atoms with van der Waals surface area (Å²) >= 11 is 0. The van der Waals surface area contributed by atoms with E-state index in [0.717, 1.165) is 30.6 Å². The number of carbonyl (C=O) groups is 1. The van der Waals surface area contributed by atoms with E-state index in [1.807, 2.05) is 12.3 Å². The molecule has 2 heterocycles. The average Bonchev–Trinajstić information content (AvgIpc) is 2.95. The standard InChI is InChI=1S/C12H13N3O2/c16-11-3-1-2-10-9(11)4-6-15(10)7-5-12-13-8-14-17-12/h4,6,8H,1-3,5,7H2. The van der Waals surface area contributed by atoms with Gasteiger partial charge in [0.1, 0.15) is 0 Å². The normalized spacial score (nSPS) is 14.9. The van der Waals surface area contributed by atoms with E-state index < -0.39 is 0 Å². The molecule has 1 aliphatic rings. The Morgan fingerprint density at radius 3 is 3.18 bits per heavy atom. The summed E-state index contributed by atoms with van der Waals surface area (Å²) in [6.45, 7) is 0.783. The number of aryl methyl sites for hydroxylation is 2. The predicted octanol–water partition coefficient (Wildman–Crippen LogP) is 1.63. The zero-order chi connectivity index (χ0) is 11.7. The fraction of sp³-hybridized carbons (Fsp3) is 0.417. The van der Waals surface area contributed by atoms with Gasteiger partial charge in [-0.15, -0.1) is 0 Å². The first kappa shape index (κ1) is 10.3. The fourth-order valence-corrected chi connectivity index (χ4v) is 2.32. The second kappa shape index (κ2) is 4.16. The van der Waals surface area contributed by atoms with Crippen molar-refractivity contribution in [1.29, 1.82) is 0 Å². The van der Waals surface area contributed by atoms with Gasteiger partial charge >= 0.3 is 0 Å². The number of aromatic nitrogens is 3. The van der Waals surface area contributed by atoms with Gasteiger partial charge in [-0.25, -0.2) is 0 Å². The van der Waals surface area contributed by atoms with Crippen molar-refractivity contribution in [2.75, 3.05) is 0 Å². The summed E-state index contributed by atoms with van der Waals surface area (Å²) in [5, 5.41) is 3.57. The highest BCUT2D eigenvalue weighted by molar-refractivity contribution is 5.98.